The summed E-state index contributed by atoms with van der Waals surface area (Å²) in [5.41, 5.74) is 4.05. The Kier molecular flexibility index (Phi) is 2.63. The highest BCUT2D eigenvalue weighted by molar-refractivity contribution is 6.34. The van der Waals surface area contributed by atoms with Crippen molar-refractivity contribution in [2.75, 3.05) is 5.32 Å². The average Bonchev–Trinajstić information content (AvgIpc) is 2.96. The molecule has 0 unspecified atom stereocenters. The van der Waals surface area contributed by atoms with Crippen LogP contribution in [0.2, 0.25) is 0 Å². The number of carbonyl (C=O) groups excluding carboxylic acids is 1. The van der Waals surface area contributed by atoms with E-state index in [1.807, 2.05) is 12.1 Å². The number of hydrogen-bond donors (Lipinski definition) is 3. The van der Waals surface area contributed by atoms with E-state index in [1.165, 1.54) is 0 Å². The van der Waals surface area contributed by atoms with Crippen LogP contribution in [0.5, 0.6) is 5.75 Å². The Labute approximate surface area is 110 Å². The van der Waals surface area contributed by atoms with Gasteiger partial charge in [0, 0.05) is 22.6 Å². The third-order valence-corrected chi connectivity index (χ3v) is 3.24. The molecule has 2 aromatic rings. The van der Waals surface area contributed by atoms with Gasteiger partial charge in [0.25, 0.3) is 5.91 Å². The number of fused-ring (bicyclic) bond motifs is 1. The SMILES string of the molecule is CCc1ccc(/C=C2/C(=O)Nc3ccc(O)cc32)[nH]1. The monoisotopic (exact) mass is 254 g/mol. The van der Waals surface area contributed by atoms with Gasteiger partial charge < -0.3 is 15.4 Å². The molecule has 1 amide bonds. The van der Waals surface area contributed by atoms with Crippen molar-refractivity contribution >= 4 is 23.2 Å². The second-order valence-corrected chi connectivity index (χ2v) is 4.53. The zero-order chi connectivity index (χ0) is 13.4. The van der Waals surface area contributed by atoms with Crippen LogP contribution < -0.4 is 5.32 Å². The Morgan fingerprint density at radius 2 is 2.11 bits per heavy atom. The summed E-state index contributed by atoms with van der Waals surface area (Å²) >= 11 is 0. The van der Waals surface area contributed by atoms with E-state index < -0.39 is 0 Å². The first kappa shape index (κ1) is 11.6. The molecule has 0 aliphatic carbocycles. The Bertz CT molecular complexity index is 683. The number of aryl methyl sites for hydroxylation is 1. The highest BCUT2D eigenvalue weighted by atomic mass is 16.3. The number of phenolic OH excluding ortho intramolecular Hbond substituents is 1. The van der Waals surface area contributed by atoms with Crippen LogP contribution in [0.25, 0.3) is 11.6 Å². The van der Waals surface area contributed by atoms with E-state index in [-0.39, 0.29) is 11.7 Å². The number of hydrogen-bond acceptors (Lipinski definition) is 2. The Morgan fingerprint density at radius 3 is 2.84 bits per heavy atom. The summed E-state index contributed by atoms with van der Waals surface area (Å²) in [7, 11) is 0. The predicted molar refractivity (Wildman–Crippen MR) is 74.8 cm³/mol. The summed E-state index contributed by atoms with van der Waals surface area (Å²) < 4.78 is 0. The van der Waals surface area contributed by atoms with Gasteiger partial charge in [0.1, 0.15) is 5.75 Å². The fraction of sp³-hybridized carbons (Fsp3) is 0.133. The minimum absolute atomic E-state index is 0.145. The number of benzene rings is 1. The zero-order valence-electron chi connectivity index (χ0n) is 10.5. The van der Waals surface area contributed by atoms with Crippen molar-refractivity contribution in [3.8, 4) is 5.75 Å². The second-order valence-electron chi connectivity index (χ2n) is 4.53. The molecule has 0 bridgehead atoms. The molecule has 4 nitrogen and oxygen atoms in total. The Balaban J connectivity index is 2.06. The van der Waals surface area contributed by atoms with E-state index in [0.29, 0.717) is 5.57 Å². The van der Waals surface area contributed by atoms with Gasteiger partial charge >= 0.3 is 0 Å². The standard InChI is InChI=1S/C15H14N2O2/c1-2-9-3-4-10(16-9)7-13-12-8-11(18)5-6-14(12)17-15(13)19/h3-8,16,18H,2H2,1H3,(H,17,19)/b13-7+. The lowest BCUT2D eigenvalue weighted by molar-refractivity contribution is -0.110. The number of aromatic amines is 1. The summed E-state index contributed by atoms with van der Waals surface area (Å²) in [5.74, 6) is 0.00938. The van der Waals surface area contributed by atoms with Gasteiger partial charge in [-0.1, -0.05) is 6.92 Å². The quantitative estimate of drug-likeness (QED) is 0.570. The lowest BCUT2D eigenvalue weighted by Gasteiger charge is -1.99. The van der Waals surface area contributed by atoms with Crippen molar-refractivity contribution in [3.05, 3.63) is 47.3 Å². The molecule has 1 aromatic heterocycles. The Morgan fingerprint density at radius 1 is 1.26 bits per heavy atom. The molecular weight excluding hydrogens is 240 g/mol. The maximum atomic E-state index is 11.9. The molecule has 96 valence electrons. The van der Waals surface area contributed by atoms with Crippen molar-refractivity contribution in [3.63, 3.8) is 0 Å². The molecule has 0 fully saturated rings. The second kappa shape index (κ2) is 4.31. The third-order valence-electron chi connectivity index (χ3n) is 3.24. The molecule has 3 rings (SSSR count). The van der Waals surface area contributed by atoms with Gasteiger partial charge in [0.05, 0.1) is 5.57 Å². The lowest BCUT2D eigenvalue weighted by Crippen LogP contribution is -2.03. The lowest BCUT2D eigenvalue weighted by atomic mass is 10.1. The van der Waals surface area contributed by atoms with Crippen LogP contribution in [0.3, 0.4) is 0 Å². The Hall–Kier alpha value is -2.49. The van der Waals surface area contributed by atoms with E-state index >= 15 is 0 Å². The summed E-state index contributed by atoms with van der Waals surface area (Å²) in [6.07, 6.45) is 2.73. The van der Waals surface area contributed by atoms with Gasteiger partial charge in [0.15, 0.2) is 0 Å². The van der Waals surface area contributed by atoms with Gasteiger partial charge in [-0.2, -0.15) is 0 Å². The first-order chi connectivity index (χ1) is 9.17. The van der Waals surface area contributed by atoms with E-state index in [0.717, 1.165) is 29.1 Å². The third kappa shape index (κ3) is 2.01. The van der Waals surface area contributed by atoms with Crippen LogP contribution >= 0.6 is 0 Å². The van der Waals surface area contributed by atoms with Crippen LogP contribution in [0, 0.1) is 0 Å². The fourth-order valence-corrected chi connectivity index (χ4v) is 2.22. The largest absolute Gasteiger partial charge is 0.508 e. The van der Waals surface area contributed by atoms with Crippen LogP contribution in [0.4, 0.5) is 5.69 Å². The number of aromatic nitrogens is 1. The van der Waals surface area contributed by atoms with Gasteiger partial charge in [-0.3, -0.25) is 4.79 Å². The van der Waals surface area contributed by atoms with Crippen molar-refractivity contribution in [2.45, 2.75) is 13.3 Å². The molecule has 1 aromatic carbocycles. The maximum Gasteiger partial charge on any atom is 0.256 e. The number of phenols is 1. The van der Waals surface area contributed by atoms with Crippen molar-refractivity contribution < 1.29 is 9.90 Å². The molecule has 0 radical (unpaired) electrons. The smallest absolute Gasteiger partial charge is 0.256 e. The predicted octanol–water partition coefficient (Wildman–Crippen LogP) is 2.78. The number of rotatable bonds is 2. The van der Waals surface area contributed by atoms with Crippen LogP contribution in [0.1, 0.15) is 23.9 Å². The van der Waals surface area contributed by atoms with Crippen LogP contribution in [0.15, 0.2) is 30.3 Å². The van der Waals surface area contributed by atoms with Gasteiger partial charge in [-0.25, -0.2) is 0 Å². The average molecular weight is 254 g/mol. The molecular formula is C15H14N2O2. The number of H-pyrrole nitrogens is 1. The molecule has 0 atom stereocenters. The molecule has 19 heavy (non-hydrogen) atoms. The van der Waals surface area contributed by atoms with Crippen LogP contribution in [-0.2, 0) is 11.2 Å². The topological polar surface area (TPSA) is 65.1 Å². The minimum Gasteiger partial charge on any atom is -0.508 e. The summed E-state index contributed by atoms with van der Waals surface area (Å²) in [5, 5.41) is 12.3. The number of nitrogens with one attached hydrogen (secondary N) is 2. The van der Waals surface area contributed by atoms with Gasteiger partial charge in [0.2, 0.25) is 0 Å². The first-order valence-corrected chi connectivity index (χ1v) is 6.21. The van der Waals surface area contributed by atoms with E-state index in [1.54, 1.807) is 24.3 Å². The number of anilines is 1. The van der Waals surface area contributed by atoms with Gasteiger partial charge in [-0.05, 0) is 42.8 Å². The van der Waals surface area contributed by atoms with E-state index in [2.05, 4.69) is 17.2 Å². The number of aromatic hydroxyl groups is 1. The molecule has 3 N–H and O–H groups in total. The number of amides is 1. The maximum absolute atomic E-state index is 11.9. The molecule has 0 saturated heterocycles. The van der Waals surface area contributed by atoms with Gasteiger partial charge in [-0.15, -0.1) is 0 Å². The fourth-order valence-electron chi connectivity index (χ4n) is 2.22. The molecule has 4 heteroatoms. The molecule has 1 aliphatic heterocycles. The number of carbonyl (C=O) groups is 1. The molecule has 0 spiro atoms. The van der Waals surface area contributed by atoms with Crippen molar-refractivity contribution in [1.82, 2.24) is 4.98 Å². The van der Waals surface area contributed by atoms with Crippen LogP contribution in [-0.4, -0.2) is 16.0 Å². The summed E-state index contributed by atoms with van der Waals surface area (Å²) in [6.45, 7) is 2.07. The minimum atomic E-state index is -0.145. The molecule has 0 saturated carbocycles. The summed E-state index contributed by atoms with van der Waals surface area (Å²) in [6, 6.07) is 8.81. The first-order valence-electron chi connectivity index (χ1n) is 6.21. The molecule has 2 heterocycles. The van der Waals surface area contributed by atoms with Crippen molar-refractivity contribution in [2.24, 2.45) is 0 Å². The summed E-state index contributed by atoms with van der Waals surface area (Å²) in [4.78, 5) is 15.2. The van der Waals surface area contributed by atoms with E-state index in [9.17, 15) is 9.90 Å². The normalized spacial score (nSPS) is 15.6. The highest BCUT2D eigenvalue weighted by Gasteiger charge is 2.24. The van der Waals surface area contributed by atoms with Crippen molar-refractivity contribution in [1.29, 1.82) is 0 Å². The zero-order valence-corrected chi connectivity index (χ0v) is 10.5. The highest BCUT2D eigenvalue weighted by Crippen LogP contribution is 2.35. The van der Waals surface area contributed by atoms with E-state index in [4.69, 9.17) is 0 Å². The molecule has 1 aliphatic rings.